The fourth-order valence-electron chi connectivity index (χ4n) is 2.75. The summed E-state index contributed by atoms with van der Waals surface area (Å²) < 4.78 is 1.80. The van der Waals surface area contributed by atoms with Crippen LogP contribution in [-0.2, 0) is 0 Å². The van der Waals surface area contributed by atoms with E-state index < -0.39 is 10.8 Å². The second-order valence-corrected chi connectivity index (χ2v) is 5.76. The van der Waals surface area contributed by atoms with E-state index >= 15 is 0 Å². The molecule has 0 unspecified atom stereocenters. The van der Waals surface area contributed by atoms with Crippen molar-refractivity contribution in [2.75, 3.05) is 5.32 Å². The molecule has 4 aromatic rings. The third-order valence-electron chi connectivity index (χ3n) is 4.00. The summed E-state index contributed by atoms with van der Waals surface area (Å²) in [6, 6.07) is 14.7. The monoisotopic (exact) mass is 359 g/mol. The number of imidazole rings is 1. The lowest BCUT2D eigenvalue weighted by atomic mass is 10.1. The van der Waals surface area contributed by atoms with Gasteiger partial charge in [-0.3, -0.25) is 19.3 Å². The van der Waals surface area contributed by atoms with Crippen LogP contribution >= 0.6 is 0 Å². The third-order valence-corrected chi connectivity index (χ3v) is 4.00. The van der Waals surface area contributed by atoms with Crippen LogP contribution in [0.3, 0.4) is 0 Å². The van der Waals surface area contributed by atoms with Crippen LogP contribution in [-0.4, -0.2) is 25.2 Å². The first-order valence-corrected chi connectivity index (χ1v) is 8.07. The fourth-order valence-corrected chi connectivity index (χ4v) is 2.75. The number of aromatic nitrogens is 3. The molecule has 0 atom stereocenters. The number of para-hydroxylation sites is 1. The summed E-state index contributed by atoms with van der Waals surface area (Å²) in [5, 5.41) is 13.8. The van der Waals surface area contributed by atoms with Gasteiger partial charge in [-0.05, 0) is 24.3 Å². The molecule has 0 saturated heterocycles. The molecule has 0 spiro atoms. The number of anilines is 1. The Balaban J connectivity index is 1.63. The van der Waals surface area contributed by atoms with Gasteiger partial charge in [0.25, 0.3) is 11.6 Å². The van der Waals surface area contributed by atoms with Crippen LogP contribution in [0.25, 0.3) is 17.0 Å². The average molecular weight is 359 g/mol. The Morgan fingerprint density at radius 1 is 1.11 bits per heavy atom. The van der Waals surface area contributed by atoms with Crippen LogP contribution in [0, 0.1) is 10.1 Å². The number of hydrogen-bond acceptors (Lipinski definition) is 5. The molecule has 0 bridgehead atoms. The van der Waals surface area contributed by atoms with Crippen molar-refractivity contribution in [2.45, 2.75) is 0 Å². The van der Waals surface area contributed by atoms with Crippen LogP contribution < -0.4 is 5.32 Å². The maximum atomic E-state index is 12.5. The highest BCUT2D eigenvalue weighted by atomic mass is 16.6. The standard InChI is InChI=1S/C19H13N5O3/c25-18(15-7-1-2-8-17(15)24(26)27)21-14-6-3-5-13(11-14)16-12-23-10-4-9-20-19(23)22-16/h1-12H,(H,21,25). The predicted octanol–water partition coefficient (Wildman–Crippen LogP) is 3.56. The predicted molar refractivity (Wildman–Crippen MR) is 99.5 cm³/mol. The number of nitro groups is 1. The Morgan fingerprint density at radius 2 is 1.96 bits per heavy atom. The Labute approximate surface area is 153 Å². The summed E-state index contributed by atoms with van der Waals surface area (Å²) in [5.74, 6) is 0.0259. The number of carbonyl (C=O) groups excluding carboxylic acids is 1. The first-order chi connectivity index (χ1) is 13.1. The molecule has 27 heavy (non-hydrogen) atoms. The van der Waals surface area contributed by atoms with Crippen LogP contribution in [0.2, 0.25) is 0 Å². The second kappa shape index (κ2) is 6.68. The van der Waals surface area contributed by atoms with E-state index in [9.17, 15) is 14.9 Å². The van der Waals surface area contributed by atoms with Crippen molar-refractivity contribution in [3.63, 3.8) is 0 Å². The lowest BCUT2D eigenvalue weighted by molar-refractivity contribution is -0.385. The van der Waals surface area contributed by atoms with Crippen molar-refractivity contribution in [2.24, 2.45) is 0 Å². The van der Waals surface area contributed by atoms with E-state index in [1.54, 1.807) is 34.9 Å². The SMILES string of the molecule is O=C(Nc1cccc(-c2cn3cccnc3n2)c1)c1ccccc1[N+](=O)[O-]. The molecule has 1 amide bonds. The average Bonchev–Trinajstić information content (AvgIpc) is 3.12. The highest BCUT2D eigenvalue weighted by Crippen LogP contribution is 2.24. The Bertz CT molecular complexity index is 1140. The number of amides is 1. The summed E-state index contributed by atoms with van der Waals surface area (Å²) >= 11 is 0. The van der Waals surface area contributed by atoms with Gasteiger partial charge in [-0.25, -0.2) is 9.97 Å². The molecule has 4 rings (SSSR count). The van der Waals surface area contributed by atoms with Gasteiger partial charge in [-0.2, -0.15) is 0 Å². The van der Waals surface area contributed by atoms with Gasteiger partial charge in [0, 0.05) is 35.9 Å². The first kappa shape index (κ1) is 16.4. The van der Waals surface area contributed by atoms with Crippen LogP contribution in [0.1, 0.15) is 10.4 Å². The molecule has 132 valence electrons. The van der Waals surface area contributed by atoms with E-state index in [4.69, 9.17) is 0 Å². The number of benzene rings is 2. The van der Waals surface area contributed by atoms with Gasteiger partial charge in [-0.1, -0.05) is 24.3 Å². The molecule has 0 radical (unpaired) electrons. The number of fused-ring (bicyclic) bond motifs is 1. The number of rotatable bonds is 4. The van der Waals surface area contributed by atoms with E-state index in [2.05, 4.69) is 15.3 Å². The van der Waals surface area contributed by atoms with Crippen molar-refractivity contribution in [3.8, 4) is 11.3 Å². The molecule has 2 aromatic carbocycles. The summed E-state index contributed by atoms with van der Waals surface area (Å²) in [6.07, 6.45) is 5.35. The zero-order valence-electron chi connectivity index (χ0n) is 13.9. The summed E-state index contributed by atoms with van der Waals surface area (Å²) in [7, 11) is 0. The van der Waals surface area contributed by atoms with Crippen molar-refractivity contribution >= 4 is 23.1 Å². The van der Waals surface area contributed by atoms with Crippen molar-refractivity contribution in [1.29, 1.82) is 0 Å². The van der Waals surface area contributed by atoms with Gasteiger partial charge in [0.15, 0.2) is 0 Å². The molecule has 8 heteroatoms. The Hall–Kier alpha value is -4.07. The number of hydrogen-bond donors (Lipinski definition) is 1. The highest BCUT2D eigenvalue weighted by molar-refractivity contribution is 6.07. The molecule has 0 fully saturated rings. The van der Waals surface area contributed by atoms with E-state index in [0.717, 1.165) is 5.56 Å². The van der Waals surface area contributed by atoms with Gasteiger partial charge in [-0.15, -0.1) is 0 Å². The largest absolute Gasteiger partial charge is 0.322 e. The number of nitro benzene ring substituents is 1. The molecule has 1 N–H and O–H groups in total. The van der Waals surface area contributed by atoms with Crippen LogP contribution in [0.4, 0.5) is 11.4 Å². The van der Waals surface area contributed by atoms with Crippen molar-refractivity contribution in [1.82, 2.24) is 14.4 Å². The molecular formula is C19H13N5O3. The lowest BCUT2D eigenvalue weighted by Crippen LogP contribution is -2.13. The molecule has 2 heterocycles. The third kappa shape index (κ3) is 3.23. The van der Waals surface area contributed by atoms with E-state index in [1.165, 1.54) is 18.2 Å². The minimum atomic E-state index is -0.574. The van der Waals surface area contributed by atoms with E-state index in [0.29, 0.717) is 17.2 Å². The molecular weight excluding hydrogens is 346 g/mol. The van der Waals surface area contributed by atoms with Gasteiger partial charge >= 0.3 is 0 Å². The van der Waals surface area contributed by atoms with Crippen molar-refractivity contribution < 1.29 is 9.72 Å². The zero-order chi connectivity index (χ0) is 18.8. The summed E-state index contributed by atoms with van der Waals surface area (Å²) in [4.78, 5) is 31.7. The quantitative estimate of drug-likeness (QED) is 0.443. The Kier molecular flexibility index (Phi) is 4.06. The molecule has 0 aliphatic rings. The molecule has 2 aromatic heterocycles. The van der Waals surface area contributed by atoms with Crippen molar-refractivity contribution in [3.05, 3.63) is 88.9 Å². The number of nitrogens with one attached hydrogen (secondary N) is 1. The van der Waals surface area contributed by atoms with E-state index in [1.807, 2.05) is 24.5 Å². The van der Waals surface area contributed by atoms with Gasteiger partial charge < -0.3 is 5.32 Å². The minimum absolute atomic E-state index is 0.00448. The smallest absolute Gasteiger partial charge is 0.282 e. The second-order valence-electron chi connectivity index (χ2n) is 5.76. The van der Waals surface area contributed by atoms with Gasteiger partial charge in [0.1, 0.15) is 5.56 Å². The summed E-state index contributed by atoms with van der Waals surface area (Å²) in [6.45, 7) is 0. The zero-order valence-corrected chi connectivity index (χ0v) is 13.9. The Morgan fingerprint density at radius 3 is 2.78 bits per heavy atom. The lowest BCUT2D eigenvalue weighted by Gasteiger charge is -2.07. The molecule has 0 aliphatic carbocycles. The van der Waals surface area contributed by atoms with Crippen LogP contribution in [0.5, 0.6) is 0 Å². The first-order valence-electron chi connectivity index (χ1n) is 8.07. The normalized spacial score (nSPS) is 10.7. The number of carbonyl (C=O) groups is 1. The maximum absolute atomic E-state index is 12.5. The minimum Gasteiger partial charge on any atom is -0.322 e. The summed E-state index contributed by atoms with van der Waals surface area (Å²) in [5.41, 5.74) is 1.78. The molecule has 0 aliphatic heterocycles. The maximum Gasteiger partial charge on any atom is 0.282 e. The fraction of sp³-hybridized carbons (Fsp3) is 0. The van der Waals surface area contributed by atoms with Gasteiger partial charge in [0.05, 0.1) is 10.6 Å². The van der Waals surface area contributed by atoms with E-state index in [-0.39, 0.29) is 11.3 Å². The molecule has 8 nitrogen and oxygen atoms in total. The molecule has 0 saturated carbocycles. The van der Waals surface area contributed by atoms with Gasteiger partial charge in [0.2, 0.25) is 5.78 Å². The van der Waals surface area contributed by atoms with Crippen LogP contribution in [0.15, 0.2) is 73.2 Å². The topological polar surface area (TPSA) is 102 Å². The number of nitrogens with zero attached hydrogens (tertiary/aromatic N) is 4. The highest BCUT2D eigenvalue weighted by Gasteiger charge is 2.19.